The molecule has 6 heteroatoms. The van der Waals surface area contributed by atoms with Crippen LogP contribution in [0.25, 0.3) is 0 Å². The van der Waals surface area contributed by atoms with E-state index in [0.29, 0.717) is 10.6 Å². The number of carbonyl (C=O) groups is 2. The first kappa shape index (κ1) is 14.0. The number of rotatable bonds is 3. The number of amides is 2. The van der Waals surface area contributed by atoms with E-state index in [4.69, 9.17) is 11.6 Å². The van der Waals surface area contributed by atoms with Crippen molar-refractivity contribution in [2.24, 2.45) is 0 Å². The van der Waals surface area contributed by atoms with Gasteiger partial charge in [-0.15, -0.1) is 0 Å². The van der Waals surface area contributed by atoms with Crippen molar-refractivity contribution in [2.75, 3.05) is 21.1 Å². The molecule has 0 unspecified atom stereocenters. The van der Waals surface area contributed by atoms with Gasteiger partial charge in [-0.2, -0.15) is 0 Å². The molecule has 0 heterocycles. The minimum absolute atomic E-state index is 0.0492. The summed E-state index contributed by atoms with van der Waals surface area (Å²) in [6.45, 7) is 0. The van der Waals surface area contributed by atoms with Crippen molar-refractivity contribution in [3.63, 3.8) is 0 Å². The second-order valence-electron chi connectivity index (χ2n) is 3.56. The molecule has 0 aliphatic carbocycles. The Balaban J connectivity index is 2.66. The third kappa shape index (κ3) is 4.04. The molecular formula is C11H13ClN2O2Se. The van der Waals surface area contributed by atoms with Crippen LogP contribution >= 0.6 is 11.6 Å². The van der Waals surface area contributed by atoms with E-state index in [0.717, 1.165) is 0 Å². The first-order valence-corrected chi connectivity index (χ1v) is 6.84. The number of halogens is 1. The Labute approximate surface area is 112 Å². The second kappa shape index (κ2) is 6.05. The summed E-state index contributed by atoms with van der Waals surface area (Å²) in [5, 5.41) is 0.590. The van der Waals surface area contributed by atoms with Crippen LogP contribution in [0.4, 0.5) is 4.79 Å². The fourth-order valence-corrected chi connectivity index (χ4v) is 2.74. The summed E-state index contributed by atoms with van der Waals surface area (Å²) in [5.41, 5.74) is 0.577. The Morgan fingerprint density at radius 3 is 2.12 bits per heavy atom. The van der Waals surface area contributed by atoms with Gasteiger partial charge in [0.25, 0.3) is 0 Å². The van der Waals surface area contributed by atoms with Crippen LogP contribution in [0.1, 0.15) is 10.4 Å². The molecule has 92 valence electrons. The minimum atomic E-state index is -0.546. The van der Waals surface area contributed by atoms with Crippen LogP contribution in [-0.4, -0.2) is 55.8 Å². The van der Waals surface area contributed by atoms with Crippen LogP contribution in [0.15, 0.2) is 24.3 Å². The molecule has 0 radical (unpaired) electrons. The van der Waals surface area contributed by atoms with Gasteiger partial charge in [0.2, 0.25) is 0 Å². The number of benzene rings is 1. The van der Waals surface area contributed by atoms with Crippen LogP contribution in [0.5, 0.6) is 0 Å². The zero-order valence-corrected chi connectivity index (χ0v) is 12.3. The zero-order chi connectivity index (χ0) is 13.0. The average molecular weight is 320 g/mol. The molecule has 0 aliphatic rings. The van der Waals surface area contributed by atoms with Gasteiger partial charge < -0.3 is 0 Å². The molecule has 2 amide bonds. The molecule has 0 aromatic heterocycles. The first-order valence-electron chi connectivity index (χ1n) is 4.84. The summed E-state index contributed by atoms with van der Waals surface area (Å²) < 4.78 is 1.39. The Morgan fingerprint density at radius 1 is 1.12 bits per heavy atom. The van der Waals surface area contributed by atoms with Gasteiger partial charge >= 0.3 is 112 Å². The van der Waals surface area contributed by atoms with E-state index in [2.05, 4.69) is 0 Å². The molecule has 0 bridgehead atoms. The van der Waals surface area contributed by atoms with E-state index >= 15 is 0 Å². The molecule has 0 atom stereocenters. The van der Waals surface area contributed by atoms with Gasteiger partial charge in [-0.05, 0) is 0 Å². The number of carbonyl (C=O) groups excluding carboxylic acids is 2. The number of hydrogen-bond acceptors (Lipinski definition) is 2. The molecule has 0 spiro atoms. The van der Waals surface area contributed by atoms with E-state index in [1.807, 2.05) is 0 Å². The fourth-order valence-electron chi connectivity index (χ4n) is 1.08. The van der Waals surface area contributed by atoms with Gasteiger partial charge in [-0.25, -0.2) is 0 Å². The quantitative estimate of drug-likeness (QED) is 0.796. The van der Waals surface area contributed by atoms with Crippen LogP contribution < -0.4 is 0 Å². The van der Waals surface area contributed by atoms with Crippen LogP contribution in [0.3, 0.4) is 0 Å². The summed E-state index contributed by atoms with van der Waals surface area (Å²) in [7, 11) is 4.93. The van der Waals surface area contributed by atoms with Crippen LogP contribution in [0, 0.1) is 0 Å². The maximum absolute atomic E-state index is 11.9. The van der Waals surface area contributed by atoms with Gasteiger partial charge in [0.05, 0.1) is 0 Å². The van der Waals surface area contributed by atoms with Gasteiger partial charge in [0.15, 0.2) is 0 Å². The molecule has 1 aromatic rings. The van der Waals surface area contributed by atoms with E-state index < -0.39 is 15.2 Å². The summed E-state index contributed by atoms with van der Waals surface area (Å²) in [4.78, 5) is 24.9. The predicted octanol–water partition coefficient (Wildman–Crippen LogP) is 1.71. The number of hydrogen-bond donors (Lipinski definition) is 0. The van der Waals surface area contributed by atoms with Crippen molar-refractivity contribution in [3.8, 4) is 0 Å². The number of urea groups is 1. The summed E-state index contributed by atoms with van der Waals surface area (Å²) in [5.74, 6) is 0. The standard InChI is InChI=1S/C11H13ClN2O2Se/c1-13(2)11(16)14(3)17-10(15)8-4-6-9(12)7-5-8/h4-7H,1-3H3. The Kier molecular flexibility index (Phi) is 5.00. The van der Waals surface area contributed by atoms with Gasteiger partial charge in [-0.1, -0.05) is 0 Å². The topological polar surface area (TPSA) is 40.6 Å². The third-order valence-corrected chi connectivity index (χ3v) is 3.95. The Morgan fingerprint density at radius 2 is 1.65 bits per heavy atom. The average Bonchev–Trinajstić information content (AvgIpc) is 2.28. The molecule has 1 rings (SSSR count). The van der Waals surface area contributed by atoms with E-state index in [-0.39, 0.29) is 10.7 Å². The zero-order valence-electron chi connectivity index (χ0n) is 9.81. The Hall–Kier alpha value is -1.03. The van der Waals surface area contributed by atoms with E-state index in [9.17, 15) is 9.59 Å². The predicted molar refractivity (Wildman–Crippen MR) is 68.4 cm³/mol. The van der Waals surface area contributed by atoms with Crippen molar-refractivity contribution in [1.82, 2.24) is 8.82 Å². The van der Waals surface area contributed by atoms with Crippen molar-refractivity contribution < 1.29 is 9.59 Å². The third-order valence-electron chi connectivity index (χ3n) is 1.95. The van der Waals surface area contributed by atoms with E-state index in [1.165, 1.54) is 8.82 Å². The van der Waals surface area contributed by atoms with Crippen molar-refractivity contribution >= 4 is 37.5 Å². The van der Waals surface area contributed by atoms with Crippen LogP contribution in [0.2, 0.25) is 5.02 Å². The Bertz CT molecular complexity index is 420. The van der Waals surface area contributed by atoms with Crippen molar-refractivity contribution in [2.45, 2.75) is 0 Å². The molecular weight excluding hydrogens is 307 g/mol. The molecule has 1 aromatic carbocycles. The molecule has 4 nitrogen and oxygen atoms in total. The SMILES string of the molecule is CN(C)C(=O)N(C)[Se]C(=O)c1ccc(Cl)cc1. The van der Waals surface area contributed by atoms with Crippen molar-refractivity contribution in [3.05, 3.63) is 34.9 Å². The number of nitrogens with zero attached hydrogens (tertiary/aromatic N) is 2. The molecule has 0 saturated heterocycles. The van der Waals surface area contributed by atoms with E-state index in [1.54, 1.807) is 45.4 Å². The molecule has 0 fully saturated rings. The van der Waals surface area contributed by atoms with Crippen molar-refractivity contribution in [1.29, 1.82) is 0 Å². The molecule has 17 heavy (non-hydrogen) atoms. The molecule has 0 aliphatic heterocycles. The monoisotopic (exact) mass is 320 g/mol. The second-order valence-corrected chi connectivity index (χ2v) is 6.31. The molecule has 0 saturated carbocycles. The van der Waals surface area contributed by atoms with Gasteiger partial charge in [0.1, 0.15) is 0 Å². The normalized spacial score (nSPS) is 9.88. The summed E-state index contributed by atoms with van der Waals surface area (Å²) in [6, 6.07) is 6.49. The molecule has 0 N–H and O–H groups in total. The summed E-state index contributed by atoms with van der Waals surface area (Å²) in [6.07, 6.45) is 0. The van der Waals surface area contributed by atoms with Gasteiger partial charge in [-0.3, -0.25) is 0 Å². The summed E-state index contributed by atoms with van der Waals surface area (Å²) >= 11 is 5.19. The fraction of sp³-hybridized carbons (Fsp3) is 0.273. The van der Waals surface area contributed by atoms with Crippen LogP contribution in [-0.2, 0) is 0 Å². The first-order chi connectivity index (χ1) is 7.91. The maximum atomic E-state index is 11.9. The van der Waals surface area contributed by atoms with Gasteiger partial charge in [0, 0.05) is 0 Å².